The summed E-state index contributed by atoms with van der Waals surface area (Å²) in [6.07, 6.45) is 0. The molecule has 346 valence electrons. The molecule has 0 bridgehead atoms. The van der Waals surface area contributed by atoms with Gasteiger partial charge >= 0.3 is 0 Å². The average molecular weight is 963 g/mol. The number of fused-ring (bicyclic) bond motifs is 14. The number of para-hydroxylation sites is 6. The maximum absolute atomic E-state index is 7.16. The van der Waals surface area contributed by atoms with E-state index < -0.39 is 0 Å². The van der Waals surface area contributed by atoms with Gasteiger partial charge in [-0.25, -0.2) is 0 Å². The predicted molar refractivity (Wildman–Crippen MR) is 313 cm³/mol. The first-order valence-corrected chi connectivity index (χ1v) is 26.1. The third kappa shape index (κ3) is 5.84. The molecule has 74 heavy (non-hydrogen) atoms. The van der Waals surface area contributed by atoms with E-state index >= 15 is 0 Å². The Morgan fingerprint density at radius 3 is 1.58 bits per heavy atom. The molecule has 4 nitrogen and oxygen atoms in total. The van der Waals surface area contributed by atoms with Crippen molar-refractivity contribution in [3.8, 4) is 33.4 Å². The van der Waals surface area contributed by atoms with Crippen molar-refractivity contribution >= 4 is 131 Å². The molecule has 16 rings (SSSR count). The molecule has 0 saturated heterocycles. The number of thiophene rings is 1. The topological polar surface area (TPSA) is 32.8 Å². The summed E-state index contributed by atoms with van der Waals surface area (Å²) in [5.74, 6) is 0. The van der Waals surface area contributed by atoms with Gasteiger partial charge in [0.15, 0.2) is 11.2 Å². The fraction of sp³-hybridized carbons (Fsp3) is 0.0145. The van der Waals surface area contributed by atoms with Crippen molar-refractivity contribution in [3.63, 3.8) is 0 Å². The zero-order chi connectivity index (χ0) is 48.6. The highest BCUT2D eigenvalue weighted by molar-refractivity contribution is 7.27. The lowest BCUT2D eigenvalue weighted by molar-refractivity contribution is 0.670. The fourth-order valence-electron chi connectivity index (χ4n) is 12.3. The van der Waals surface area contributed by atoms with Gasteiger partial charge in [0.25, 0.3) is 0 Å². The van der Waals surface area contributed by atoms with Crippen LogP contribution in [0.1, 0.15) is 5.56 Å². The second-order valence-electron chi connectivity index (χ2n) is 19.5. The summed E-state index contributed by atoms with van der Waals surface area (Å²) < 4.78 is 16.8. The van der Waals surface area contributed by atoms with Crippen LogP contribution in [-0.2, 0) is 0 Å². The Labute approximate surface area is 429 Å². The van der Waals surface area contributed by atoms with Gasteiger partial charge in [-0.15, -0.1) is 11.3 Å². The first kappa shape index (κ1) is 41.2. The Balaban J connectivity index is 0.964. The van der Waals surface area contributed by atoms with Crippen molar-refractivity contribution in [2.45, 2.75) is 6.92 Å². The average Bonchev–Trinajstić information content (AvgIpc) is 4.17. The molecule has 3 aromatic heterocycles. The lowest BCUT2D eigenvalue weighted by atomic mass is 9.89. The maximum Gasteiger partial charge on any atom is 0.159 e. The lowest BCUT2D eigenvalue weighted by Gasteiger charge is -2.33. The van der Waals surface area contributed by atoms with Gasteiger partial charge in [0.05, 0.1) is 28.4 Å². The van der Waals surface area contributed by atoms with Crippen LogP contribution in [0.25, 0.3) is 119 Å². The van der Waals surface area contributed by atoms with Crippen LogP contribution in [0.3, 0.4) is 0 Å². The van der Waals surface area contributed by atoms with Gasteiger partial charge in [0, 0.05) is 80.3 Å². The van der Waals surface area contributed by atoms with Crippen molar-refractivity contribution in [2.24, 2.45) is 0 Å². The van der Waals surface area contributed by atoms with Gasteiger partial charge < -0.3 is 18.6 Å². The zero-order valence-corrected chi connectivity index (χ0v) is 41.0. The van der Waals surface area contributed by atoms with Gasteiger partial charge in [-0.05, 0) is 71.0 Å². The smallest absolute Gasteiger partial charge is 0.159 e. The van der Waals surface area contributed by atoms with E-state index in [1.54, 1.807) is 0 Å². The maximum atomic E-state index is 7.16. The van der Waals surface area contributed by atoms with E-state index in [0.29, 0.717) is 0 Å². The number of hydrogen-bond donors (Lipinski definition) is 0. The molecular formula is C69H42N2O2S. The summed E-state index contributed by atoms with van der Waals surface area (Å²) in [6, 6.07) is 85.7. The second kappa shape index (κ2) is 15.8. The molecule has 0 spiro atoms. The summed E-state index contributed by atoms with van der Waals surface area (Å²) in [5, 5.41) is 11.7. The predicted octanol–water partition coefficient (Wildman–Crippen LogP) is 20.7. The van der Waals surface area contributed by atoms with E-state index in [4.69, 9.17) is 8.83 Å². The van der Waals surface area contributed by atoms with Crippen LogP contribution in [-0.4, -0.2) is 0 Å². The molecule has 0 atom stereocenters. The van der Waals surface area contributed by atoms with Crippen molar-refractivity contribution in [1.82, 2.24) is 0 Å². The molecule has 4 heterocycles. The highest BCUT2D eigenvalue weighted by Gasteiger charge is 2.31. The standard InChI is InChI=1S/C69H42N2O2S/c1-41-19-8-12-35-56(41)70(58-37-17-32-52-50-30-14-27-44(65(50)72-67(52)58)42-20-4-2-5-21-42)60-40-62-64(49-26-10-9-25-47(49)60)55-39-61-63-48(29-16-34-54(63)69(55)74-62)46-24-11-13-36-57(46)71(61)59-38-18-33-53-51-31-15-28-45(66(51)73-68(53)59)43-22-6-3-7-23-43/h2-40H,1H3. The molecule has 0 saturated carbocycles. The van der Waals surface area contributed by atoms with E-state index in [1.807, 2.05) is 11.3 Å². The molecule has 1 aliphatic heterocycles. The van der Waals surface area contributed by atoms with Crippen LogP contribution in [0.5, 0.6) is 0 Å². The summed E-state index contributed by atoms with van der Waals surface area (Å²) in [6.45, 7) is 2.21. The number of aryl methyl sites for hydroxylation is 1. The molecule has 1 aliphatic rings. The molecule has 0 N–H and O–H groups in total. The number of rotatable bonds is 6. The van der Waals surface area contributed by atoms with Crippen LogP contribution in [0.15, 0.2) is 245 Å². The minimum Gasteiger partial charge on any atom is -0.453 e. The number of furan rings is 2. The first-order chi connectivity index (χ1) is 36.7. The molecule has 12 aromatic carbocycles. The van der Waals surface area contributed by atoms with Crippen molar-refractivity contribution in [1.29, 1.82) is 0 Å². The highest BCUT2D eigenvalue weighted by atomic mass is 32.1. The molecule has 0 aliphatic carbocycles. The SMILES string of the molecule is Cc1ccccc1N(c1cc2sc3c4cccc5c4c(cc3c2c2ccccc12)N(c1cccc2c1oc1c(-c3ccccc3)cccc12)c1ccccc1-5)c1cccc2c1oc1c(-c3ccccc3)cccc12. The zero-order valence-electron chi connectivity index (χ0n) is 40.1. The van der Waals surface area contributed by atoms with E-state index in [1.165, 1.54) is 53.0 Å². The van der Waals surface area contributed by atoms with Gasteiger partial charge in [-0.3, -0.25) is 0 Å². The van der Waals surface area contributed by atoms with Crippen LogP contribution in [0, 0.1) is 6.92 Å². The Kier molecular flexibility index (Phi) is 8.80. The minimum absolute atomic E-state index is 0.853. The quantitative estimate of drug-likeness (QED) is 0.166. The fourth-order valence-corrected chi connectivity index (χ4v) is 13.5. The number of hydrogen-bond acceptors (Lipinski definition) is 5. The Hall–Kier alpha value is -9.42. The number of nitrogens with zero attached hydrogens (tertiary/aromatic N) is 2. The van der Waals surface area contributed by atoms with E-state index in [0.717, 1.165) is 106 Å². The van der Waals surface area contributed by atoms with Crippen molar-refractivity contribution in [2.75, 3.05) is 9.80 Å². The van der Waals surface area contributed by atoms with Gasteiger partial charge in [-0.2, -0.15) is 0 Å². The molecule has 0 amide bonds. The molecule has 15 aromatic rings. The lowest BCUT2D eigenvalue weighted by Crippen LogP contribution is -2.15. The van der Waals surface area contributed by atoms with E-state index in [-0.39, 0.29) is 0 Å². The Bertz CT molecular complexity index is 4810. The van der Waals surface area contributed by atoms with Crippen LogP contribution >= 0.6 is 11.3 Å². The Morgan fingerprint density at radius 1 is 0.338 bits per heavy atom. The van der Waals surface area contributed by atoms with Gasteiger partial charge in [0.2, 0.25) is 0 Å². The largest absolute Gasteiger partial charge is 0.453 e. The molecular weight excluding hydrogens is 921 g/mol. The minimum atomic E-state index is 0.853. The van der Waals surface area contributed by atoms with Crippen LogP contribution in [0.2, 0.25) is 0 Å². The first-order valence-electron chi connectivity index (χ1n) is 25.2. The molecule has 0 radical (unpaired) electrons. The second-order valence-corrected chi connectivity index (χ2v) is 20.6. The normalized spacial score (nSPS) is 12.4. The number of benzene rings is 12. The molecule has 5 heteroatoms. The van der Waals surface area contributed by atoms with Crippen molar-refractivity contribution in [3.05, 3.63) is 242 Å². The van der Waals surface area contributed by atoms with Crippen LogP contribution < -0.4 is 9.80 Å². The van der Waals surface area contributed by atoms with Gasteiger partial charge in [-0.1, -0.05) is 200 Å². The van der Waals surface area contributed by atoms with E-state index in [2.05, 4.69) is 253 Å². The monoisotopic (exact) mass is 962 g/mol. The summed E-state index contributed by atoms with van der Waals surface area (Å²) in [7, 11) is 0. The van der Waals surface area contributed by atoms with Crippen molar-refractivity contribution < 1.29 is 8.83 Å². The Morgan fingerprint density at radius 2 is 0.851 bits per heavy atom. The molecule has 0 unspecified atom stereocenters. The highest BCUT2D eigenvalue weighted by Crippen LogP contribution is 2.57. The molecule has 0 fully saturated rings. The van der Waals surface area contributed by atoms with Gasteiger partial charge in [0.1, 0.15) is 11.2 Å². The third-order valence-corrected chi connectivity index (χ3v) is 16.7. The summed E-state index contributed by atoms with van der Waals surface area (Å²) in [4.78, 5) is 4.91. The summed E-state index contributed by atoms with van der Waals surface area (Å²) in [5.41, 5.74) is 18.0. The summed E-state index contributed by atoms with van der Waals surface area (Å²) >= 11 is 1.89. The van der Waals surface area contributed by atoms with E-state index in [9.17, 15) is 0 Å². The number of anilines is 6. The third-order valence-electron chi connectivity index (χ3n) is 15.5. The van der Waals surface area contributed by atoms with Crippen LogP contribution in [0.4, 0.5) is 34.1 Å².